The molecule has 6 heteroatoms. The third-order valence-corrected chi connectivity index (χ3v) is 7.91. The molecule has 5 nitrogen and oxygen atoms in total. The van der Waals surface area contributed by atoms with Crippen molar-refractivity contribution in [1.29, 1.82) is 0 Å². The SMILES string of the molecule is CCOC[C@@H]1CCS(=O)(=O)C12CN(C(=O)C1CCC1)C2. The van der Waals surface area contributed by atoms with Crippen LogP contribution in [0.5, 0.6) is 0 Å². The Morgan fingerprint density at radius 3 is 2.55 bits per heavy atom. The van der Waals surface area contributed by atoms with E-state index in [1.807, 2.05) is 6.92 Å². The van der Waals surface area contributed by atoms with Crippen LogP contribution in [-0.4, -0.2) is 56.0 Å². The van der Waals surface area contributed by atoms with Gasteiger partial charge in [0.1, 0.15) is 4.75 Å². The Hall–Kier alpha value is -0.620. The molecule has 2 saturated heterocycles. The second-order valence-corrected chi connectivity index (χ2v) is 8.80. The molecule has 0 aromatic carbocycles. The topological polar surface area (TPSA) is 63.7 Å². The molecule has 1 saturated carbocycles. The lowest BCUT2D eigenvalue weighted by Gasteiger charge is -2.51. The van der Waals surface area contributed by atoms with E-state index >= 15 is 0 Å². The number of hydrogen-bond acceptors (Lipinski definition) is 4. The summed E-state index contributed by atoms with van der Waals surface area (Å²) in [6, 6.07) is 0. The molecule has 1 amide bonds. The molecule has 1 aliphatic carbocycles. The molecule has 2 heterocycles. The molecule has 3 fully saturated rings. The Morgan fingerprint density at radius 2 is 2.00 bits per heavy atom. The average Bonchev–Trinajstić information content (AvgIpc) is 2.53. The number of amides is 1. The van der Waals surface area contributed by atoms with Crippen molar-refractivity contribution in [1.82, 2.24) is 4.90 Å². The first-order chi connectivity index (χ1) is 9.50. The smallest absolute Gasteiger partial charge is 0.225 e. The van der Waals surface area contributed by atoms with Crippen LogP contribution >= 0.6 is 0 Å². The van der Waals surface area contributed by atoms with E-state index in [1.165, 1.54) is 0 Å². The number of sulfone groups is 1. The van der Waals surface area contributed by atoms with Crippen LogP contribution in [0.3, 0.4) is 0 Å². The monoisotopic (exact) mass is 301 g/mol. The fourth-order valence-electron chi connectivity index (χ4n) is 3.64. The molecular weight excluding hydrogens is 278 g/mol. The first-order valence-electron chi connectivity index (χ1n) is 7.59. The number of likely N-dealkylation sites (tertiary alicyclic amines) is 1. The Balaban J connectivity index is 1.69. The van der Waals surface area contributed by atoms with Crippen LogP contribution in [0.2, 0.25) is 0 Å². The van der Waals surface area contributed by atoms with Gasteiger partial charge in [-0.3, -0.25) is 4.79 Å². The van der Waals surface area contributed by atoms with Crippen molar-refractivity contribution in [2.45, 2.75) is 37.4 Å². The van der Waals surface area contributed by atoms with Gasteiger partial charge in [-0.15, -0.1) is 0 Å². The molecule has 3 rings (SSSR count). The van der Waals surface area contributed by atoms with Crippen molar-refractivity contribution in [2.24, 2.45) is 11.8 Å². The van der Waals surface area contributed by atoms with Gasteiger partial charge in [0, 0.05) is 31.5 Å². The van der Waals surface area contributed by atoms with Gasteiger partial charge >= 0.3 is 0 Å². The van der Waals surface area contributed by atoms with E-state index in [9.17, 15) is 13.2 Å². The summed E-state index contributed by atoms with van der Waals surface area (Å²) in [5.41, 5.74) is 0. The van der Waals surface area contributed by atoms with E-state index in [0.717, 1.165) is 19.3 Å². The van der Waals surface area contributed by atoms with Crippen LogP contribution in [0.1, 0.15) is 32.6 Å². The summed E-state index contributed by atoms with van der Waals surface area (Å²) in [6.45, 7) is 3.81. The van der Waals surface area contributed by atoms with E-state index < -0.39 is 14.6 Å². The summed E-state index contributed by atoms with van der Waals surface area (Å²) < 4.78 is 29.5. The summed E-state index contributed by atoms with van der Waals surface area (Å²) in [5, 5.41) is 0. The molecule has 0 unspecified atom stereocenters. The molecular formula is C14H23NO4S. The van der Waals surface area contributed by atoms with Crippen molar-refractivity contribution in [3.05, 3.63) is 0 Å². The summed E-state index contributed by atoms with van der Waals surface area (Å²) in [7, 11) is -3.08. The van der Waals surface area contributed by atoms with Crippen LogP contribution in [0.25, 0.3) is 0 Å². The number of carbonyl (C=O) groups is 1. The predicted octanol–water partition coefficient (Wildman–Crippen LogP) is 0.839. The minimum Gasteiger partial charge on any atom is -0.381 e. The molecule has 0 aromatic rings. The number of nitrogens with zero attached hydrogens (tertiary/aromatic N) is 1. The zero-order chi connectivity index (χ0) is 14.4. The number of rotatable bonds is 4. The molecule has 2 aliphatic heterocycles. The van der Waals surface area contributed by atoms with Gasteiger partial charge in [0.05, 0.1) is 12.4 Å². The van der Waals surface area contributed by atoms with Gasteiger partial charge in [0.25, 0.3) is 0 Å². The summed E-state index contributed by atoms with van der Waals surface area (Å²) in [5.74, 6) is 0.620. The molecule has 114 valence electrons. The third kappa shape index (κ3) is 1.99. The zero-order valence-corrected chi connectivity index (χ0v) is 12.8. The van der Waals surface area contributed by atoms with Crippen molar-refractivity contribution in [2.75, 3.05) is 32.1 Å². The van der Waals surface area contributed by atoms with E-state index in [1.54, 1.807) is 4.90 Å². The van der Waals surface area contributed by atoms with E-state index in [4.69, 9.17) is 4.74 Å². The maximum absolute atomic E-state index is 12.4. The lowest BCUT2D eigenvalue weighted by Crippen LogP contribution is -2.69. The molecule has 0 aromatic heterocycles. The average molecular weight is 301 g/mol. The van der Waals surface area contributed by atoms with Crippen molar-refractivity contribution in [3.8, 4) is 0 Å². The van der Waals surface area contributed by atoms with Gasteiger partial charge in [0.2, 0.25) is 5.91 Å². The van der Waals surface area contributed by atoms with E-state index in [0.29, 0.717) is 32.7 Å². The fourth-order valence-corrected chi connectivity index (χ4v) is 6.04. The highest BCUT2D eigenvalue weighted by Gasteiger charge is 2.62. The Labute approximate surface area is 120 Å². The molecule has 0 bridgehead atoms. The highest BCUT2D eigenvalue weighted by atomic mass is 32.2. The number of hydrogen-bond donors (Lipinski definition) is 0. The maximum Gasteiger partial charge on any atom is 0.225 e. The van der Waals surface area contributed by atoms with Gasteiger partial charge in [0.15, 0.2) is 9.84 Å². The molecule has 0 N–H and O–H groups in total. The summed E-state index contributed by atoms with van der Waals surface area (Å²) in [6.07, 6.45) is 3.74. The van der Waals surface area contributed by atoms with Gasteiger partial charge < -0.3 is 9.64 Å². The first-order valence-corrected chi connectivity index (χ1v) is 9.24. The van der Waals surface area contributed by atoms with Crippen LogP contribution < -0.4 is 0 Å². The number of ether oxygens (including phenoxy) is 1. The second kappa shape index (κ2) is 4.98. The van der Waals surface area contributed by atoms with Crippen LogP contribution in [0.4, 0.5) is 0 Å². The maximum atomic E-state index is 12.4. The molecule has 1 atom stereocenters. The molecule has 0 radical (unpaired) electrons. The normalized spacial score (nSPS) is 31.1. The minimum atomic E-state index is -3.08. The van der Waals surface area contributed by atoms with Gasteiger partial charge in [-0.2, -0.15) is 0 Å². The summed E-state index contributed by atoms with van der Waals surface area (Å²) in [4.78, 5) is 13.9. The second-order valence-electron chi connectivity index (χ2n) is 6.35. The van der Waals surface area contributed by atoms with Gasteiger partial charge in [-0.05, 0) is 26.2 Å². The van der Waals surface area contributed by atoms with Gasteiger partial charge in [-0.25, -0.2) is 8.42 Å². The van der Waals surface area contributed by atoms with Crippen molar-refractivity contribution < 1.29 is 17.9 Å². The van der Waals surface area contributed by atoms with Crippen LogP contribution in [0.15, 0.2) is 0 Å². The highest BCUT2D eigenvalue weighted by molar-refractivity contribution is 7.93. The molecule has 1 spiro atoms. The Morgan fingerprint density at radius 1 is 1.30 bits per heavy atom. The standard InChI is InChI=1S/C14H23NO4S/c1-2-19-8-12-6-7-20(17,18)14(12)9-15(10-14)13(16)11-4-3-5-11/h11-12H,2-10H2,1H3/t12-/m0/s1. The Kier molecular flexibility index (Phi) is 3.57. The van der Waals surface area contributed by atoms with E-state index in [-0.39, 0.29) is 23.5 Å². The van der Waals surface area contributed by atoms with Gasteiger partial charge in [-0.1, -0.05) is 6.42 Å². The van der Waals surface area contributed by atoms with Crippen LogP contribution in [-0.2, 0) is 19.4 Å². The first kappa shape index (κ1) is 14.3. The fraction of sp³-hybridized carbons (Fsp3) is 0.929. The van der Waals surface area contributed by atoms with Crippen molar-refractivity contribution >= 4 is 15.7 Å². The zero-order valence-electron chi connectivity index (χ0n) is 12.0. The lowest BCUT2D eigenvalue weighted by atomic mass is 9.79. The van der Waals surface area contributed by atoms with Crippen molar-refractivity contribution in [3.63, 3.8) is 0 Å². The minimum absolute atomic E-state index is 0.0536. The quantitative estimate of drug-likeness (QED) is 0.772. The molecule has 20 heavy (non-hydrogen) atoms. The number of carbonyl (C=O) groups excluding carboxylic acids is 1. The van der Waals surface area contributed by atoms with Crippen LogP contribution in [0, 0.1) is 11.8 Å². The lowest BCUT2D eigenvalue weighted by molar-refractivity contribution is -0.145. The highest BCUT2D eigenvalue weighted by Crippen LogP contribution is 2.46. The molecule has 3 aliphatic rings. The van der Waals surface area contributed by atoms with E-state index in [2.05, 4.69) is 0 Å². The Bertz CT molecular complexity index is 491. The predicted molar refractivity (Wildman–Crippen MR) is 75.0 cm³/mol. The third-order valence-electron chi connectivity index (χ3n) is 5.30. The largest absolute Gasteiger partial charge is 0.381 e. The summed E-state index contributed by atoms with van der Waals surface area (Å²) >= 11 is 0.